The van der Waals surface area contributed by atoms with Gasteiger partial charge in [-0.15, -0.1) is 0 Å². The molecule has 0 bridgehead atoms. The Labute approximate surface area is 150 Å². The smallest absolute Gasteiger partial charge is 0.410 e. The zero-order chi connectivity index (χ0) is 17.9. The van der Waals surface area contributed by atoms with Gasteiger partial charge in [-0.05, 0) is 30.7 Å². The molecule has 0 spiro atoms. The van der Waals surface area contributed by atoms with Crippen molar-refractivity contribution in [2.75, 3.05) is 13.1 Å². The van der Waals surface area contributed by atoms with Crippen LogP contribution >= 0.6 is 0 Å². The SMILES string of the molecule is O=C(O)CCCCCCC1CCN(C(=O)OCc2ccccc2)CC1. The first-order valence-corrected chi connectivity index (χ1v) is 9.32. The fourth-order valence-electron chi connectivity index (χ4n) is 3.28. The summed E-state index contributed by atoms with van der Waals surface area (Å²) in [4.78, 5) is 24.4. The fourth-order valence-corrected chi connectivity index (χ4v) is 3.28. The van der Waals surface area contributed by atoms with Crippen LogP contribution in [0.4, 0.5) is 4.79 Å². The Morgan fingerprint density at radius 2 is 1.72 bits per heavy atom. The van der Waals surface area contributed by atoms with Crippen LogP contribution in [-0.4, -0.2) is 35.2 Å². The quantitative estimate of drug-likeness (QED) is 0.670. The lowest BCUT2D eigenvalue weighted by Crippen LogP contribution is -2.38. The number of nitrogens with zero attached hydrogens (tertiary/aromatic N) is 1. The summed E-state index contributed by atoms with van der Waals surface area (Å²) in [6.45, 7) is 1.88. The molecule has 1 aromatic rings. The maximum absolute atomic E-state index is 12.1. The van der Waals surface area contributed by atoms with Gasteiger partial charge >= 0.3 is 12.1 Å². The minimum Gasteiger partial charge on any atom is -0.481 e. The molecule has 2 rings (SSSR count). The lowest BCUT2D eigenvalue weighted by molar-refractivity contribution is -0.137. The summed E-state index contributed by atoms with van der Waals surface area (Å²) in [7, 11) is 0. The predicted octanol–water partition coefficient (Wildman–Crippen LogP) is 4.46. The number of carboxylic acids is 1. The van der Waals surface area contributed by atoms with E-state index in [0.717, 1.165) is 57.2 Å². The van der Waals surface area contributed by atoms with E-state index in [-0.39, 0.29) is 12.5 Å². The zero-order valence-electron chi connectivity index (χ0n) is 14.9. The van der Waals surface area contributed by atoms with Gasteiger partial charge < -0.3 is 14.7 Å². The van der Waals surface area contributed by atoms with Gasteiger partial charge in [-0.3, -0.25) is 4.79 Å². The number of hydrogen-bond acceptors (Lipinski definition) is 3. The van der Waals surface area contributed by atoms with Crippen LogP contribution in [0.15, 0.2) is 30.3 Å². The largest absolute Gasteiger partial charge is 0.481 e. The Balaban J connectivity index is 1.55. The molecule has 0 unspecified atom stereocenters. The highest BCUT2D eigenvalue weighted by Crippen LogP contribution is 2.23. The number of piperidine rings is 1. The molecule has 0 aromatic heterocycles. The molecule has 1 amide bonds. The molecule has 1 heterocycles. The van der Waals surface area contributed by atoms with E-state index >= 15 is 0 Å². The molecule has 1 aromatic carbocycles. The minimum atomic E-state index is -0.702. The number of unbranched alkanes of at least 4 members (excludes halogenated alkanes) is 3. The summed E-state index contributed by atoms with van der Waals surface area (Å²) in [5.74, 6) is -0.0239. The third-order valence-corrected chi connectivity index (χ3v) is 4.83. The van der Waals surface area contributed by atoms with E-state index in [9.17, 15) is 9.59 Å². The van der Waals surface area contributed by atoms with Gasteiger partial charge in [0.05, 0.1) is 0 Å². The van der Waals surface area contributed by atoms with Crippen molar-refractivity contribution in [2.45, 2.75) is 58.0 Å². The minimum absolute atomic E-state index is 0.212. The number of ether oxygens (including phenoxy) is 1. The van der Waals surface area contributed by atoms with Gasteiger partial charge in [-0.2, -0.15) is 0 Å². The standard InChI is InChI=1S/C20H29NO4/c22-19(23)11-7-2-1-4-8-17-12-14-21(15-13-17)20(24)25-16-18-9-5-3-6-10-18/h3,5-6,9-10,17H,1-2,4,7-8,11-16H2,(H,22,23). The number of likely N-dealkylation sites (tertiary alicyclic amines) is 1. The number of benzene rings is 1. The molecule has 0 aliphatic carbocycles. The molecule has 5 heteroatoms. The number of carbonyl (C=O) groups excluding carboxylic acids is 1. The molecule has 1 N–H and O–H groups in total. The number of carboxylic acid groups (broad SMARTS) is 1. The molecule has 0 radical (unpaired) electrons. The maximum atomic E-state index is 12.1. The average molecular weight is 347 g/mol. The Kier molecular flexibility index (Phi) is 8.29. The fraction of sp³-hybridized carbons (Fsp3) is 0.600. The zero-order valence-corrected chi connectivity index (χ0v) is 14.9. The first kappa shape index (κ1) is 19.3. The predicted molar refractivity (Wildman–Crippen MR) is 96.3 cm³/mol. The van der Waals surface area contributed by atoms with Gasteiger partial charge in [-0.1, -0.05) is 56.0 Å². The van der Waals surface area contributed by atoms with E-state index in [1.165, 1.54) is 6.42 Å². The number of hydrogen-bond donors (Lipinski definition) is 1. The number of rotatable bonds is 9. The molecule has 5 nitrogen and oxygen atoms in total. The number of amides is 1. The van der Waals surface area contributed by atoms with Crippen molar-refractivity contribution >= 4 is 12.1 Å². The Bertz CT molecular complexity index is 524. The lowest BCUT2D eigenvalue weighted by atomic mass is 9.91. The second-order valence-electron chi connectivity index (χ2n) is 6.82. The van der Waals surface area contributed by atoms with E-state index in [1.54, 1.807) is 0 Å². The Morgan fingerprint density at radius 1 is 1.04 bits per heavy atom. The molecule has 25 heavy (non-hydrogen) atoms. The average Bonchev–Trinajstić information content (AvgIpc) is 2.63. The third-order valence-electron chi connectivity index (χ3n) is 4.83. The summed E-state index contributed by atoms with van der Waals surface area (Å²) >= 11 is 0. The van der Waals surface area contributed by atoms with Crippen LogP contribution < -0.4 is 0 Å². The Morgan fingerprint density at radius 3 is 2.40 bits per heavy atom. The van der Waals surface area contributed by atoms with Crippen molar-refractivity contribution in [3.63, 3.8) is 0 Å². The van der Waals surface area contributed by atoms with Crippen molar-refractivity contribution in [1.82, 2.24) is 4.90 Å². The molecule has 0 saturated carbocycles. The topological polar surface area (TPSA) is 66.8 Å². The lowest BCUT2D eigenvalue weighted by Gasteiger charge is -2.31. The van der Waals surface area contributed by atoms with Gasteiger partial charge in [0.15, 0.2) is 0 Å². The van der Waals surface area contributed by atoms with Crippen molar-refractivity contribution in [1.29, 1.82) is 0 Å². The van der Waals surface area contributed by atoms with Crippen LogP contribution in [0.2, 0.25) is 0 Å². The number of carbonyl (C=O) groups is 2. The van der Waals surface area contributed by atoms with Gasteiger partial charge in [0.1, 0.15) is 6.61 Å². The van der Waals surface area contributed by atoms with Crippen molar-refractivity contribution in [3.05, 3.63) is 35.9 Å². The molecule has 1 saturated heterocycles. The van der Waals surface area contributed by atoms with Crippen molar-refractivity contribution in [2.24, 2.45) is 5.92 Å². The van der Waals surface area contributed by atoms with E-state index < -0.39 is 5.97 Å². The van der Waals surface area contributed by atoms with E-state index in [4.69, 9.17) is 9.84 Å². The molecule has 0 atom stereocenters. The van der Waals surface area contributed by atoms with Crippen molar-refractivity contribution < 1.29 is 19.4 Å². The molecule has 1 aliphatic heterocycles. The monoisotopic (exact) mass is 347 g/mol. The van der Waals surface area contributed by atoms with Gasteiger partial charge in [-0.25, -0.2) is 4.79 Å². The van der Waals surface area contributed by atoms with E-state index in [1.807, 2.05) is 35.2 Å². The molecule has 138 valence electrons. The highest BCUT2D eigenvalue weighted by molar-refractivity contribution is 5.67. The van der Waals surface area contributed by atoms with Gasteiger partial charge in [0, 0.05) is 19.5 Å². The van der Waals surface area contributed by atoms with Crippen LogP contribution in [0.25, 0.3) is 0 Å². The first-order valence-electron chi connectivity index (χ1n) is 9.32. The van der Waals surface area contributed by atoms with Gasteiger partial charge in [0.2, 0.25) is 0 Å². The van der Waals surface area contributed by atoms with Crippen molar-refractivity contribution in [3.8, 4) is 0 Å². The first-order chi connectivity index (χ1) is 12.1. The summed E-state index contributed by atoms with van der Waals surface area (Å²) in [6.07, 6.45) is 7.36. The van der Waals surface area contributed by atoms with E-state index in [2.05, 4.69) is 0 Å². The highest BCUT2D eigenvalue weighted by Gasteiger charge is 2.23. The van der Waals surface area contributed by atoms with Crippen LogP contribution in [0.3, 0.4) is 0 Å². The number of aliphatic carboxylic acids is 1. The molecule has 1 aliphatic rings. The summed E-state index contributed by atoms with van der Waals surface area (Å²) in [5, 5.41) is 8.60. The molecule has 1 fully saturated rings. The van der Waals surface area contributed by atoms with Gasteiger partial charge in [0.25, 0.3) is 0 Å². The maximum Gasteiger partial charge on any atom is 0.410 e. The summed E-state index contributed by atoms with van der Waals surface area (Å²) in [6, 6.07) is 9.74. The van der Waals surface area contributed by atoms with E-state index in [0.29, 0.717) is 12.5 Å². The second kappa shape index (κ2) is 10.7. The normalized spacial score (nSPS) is 15.1. The molecular formula is C20H29NO4. The summed E-state index contributed by atoms with van der Waals surface area (Å²) in [5.41, 5.74) is 1.01. The Hall–Kier alpha value is -2.04. The van der Waals surface area contributed by atoms with Crippen LogP contribution in [0, 0.1) is 5.92 Å². The second-order valence-corrected chi connectivity index (χ2v) is 6.82. The van der Waals surface area contributed by atoms with Crippen LogP contribution in [-0.2, 0) is 16.1 Å². The highest BCUT2D eigenvalue weighted by atomic mass is 16.6. The third kappa shape index (κ3) is 7.59. The summed E-state index contributed by atoms with van der Waals surface area (Å²) < 4.78 is 5.39. The molecular weight excluding hydrogens is 318 g/mol. The van der Waals surface area contributed by atoms with Crippen LogP contribution in [0.1, 0.15) is 56.9 Å². The van der Waals surface area contributed by atoms with Crippen LogP contribution in [0.5, 0.6) is 0 Å².